The zero-order valence-corrected chi connectivity index (χ0v) is 9.56. The summed E-state index contributed by atoms with van der Waals surface area (Å²) in [5, 5.41) is 0.205. The molecular weight excluding hydrogens is 192 g/mol. The van der Waals surface area contributed by atoms with Crippen molar-refractivity contribution in [2.75, 3.05) is 5.75 Å². The van der Waals surface area contributed by atoms with Crippen LogP contribution in [0.25, 0.3) is 0 Å². The van der Waals surface area contributed by atoms with Gasteiger partial charge in [-0.1, -0.05) is 49.4 Å². The standard InChI is InChI=1S/C12H16OS/c1-3-4-9-14-12(13)11-8-6-5-7-10(11)2/h5-8H,3-4,9H2,1-2H3. The highest BCUT2D eigenvalue weighted by atomic mass is 32.2. The van der Waals surface area contributed by atoms with Crippen molar-refractivity contribution in [3.8, 4) is 0 Å². The molecule has 0 atom stereocenters. The normalized spacial score (nSPS) is 10.1. The van der Waals surface area contributed by atoms with E-state index in [4.69, 9.17) is 0 Å². The maximum Gasteiger partial charge on any atom is 0.219 e. The summed E-state index contributed by atoms with van der Waals surface area (Å²) in [5.41, 5.74) is 1.93. The molecule has 76 valence electrons. The van der Waals surface area contributed by atoms with Crippen LogP contribution in [0, 0.1) is 6.92 Å². The molecule has 2 heteroatoms. The minimum atomic E-state index is 0.205. The number of carbonyl (C=O) groups excluding carboxylic acids is 1. The molecule has 1 aromatic rings. The van der Waals surface area contributed by atoms with Gasteiger partial charge in [0.25, 0.3) is 0 Å². The summed E-state index contributed by atoms with van der Waals surface area (Å²) >= 11 is 1.43. The Hall–Kier alpha value is -0.760. The molecule has 0 heterocycles. The van der Waals surface area contributed by atoms with Crippen molar-refractivity contribution in [3.63, 3.8) is 0 Å². The number of unbranched alkanes of at least 4 members (excludes halogenated alkanes) is 1. The highest BCUT2D eigenvalue weighted by Gasteiger charge is 2.07. The average molecular weight is 208 g/mol. The van der Waals surface area contributed by atoms with Crippen LogP contribution < -0.4 is 0 Å². The Morgan fingerprint density at radius 3 is 2.71 bits per heavy atom. The van der Waals surface area contributed by atoms with Crippen molar-refractivity contribution in [1.82, 2.24) is 0 Å². The second-order valence-corrected chi connectivity index (χ2v) is 4.37. The molecule has 0 aliphatic heterocycles. The molecule has 0 N–H and O–H groups in total. The second-order valence-electron chi connectivity index (χ2n) is 3.30. The van der Waals surface area contributed by atoms with Crippen LogP contribution in [0.3, 0.4) is 0 Å². The minimum Gasteiger partial charge on any atom is -0.282 e. The molecule has 0 aliphatic carbocycles. The molecule has 0 spiro atoms. The maximum atomic E-state index is 11.7. The van der Waals surface area contributed by atoms with Gasteiger partial charge in [-0.2, -0.15) is 0 Å². The highest BCUT2D eigenvalue weighted by molar-refractivity contribution is 8.14. The number of thioether (sulfide) groups is 1. The van der Waals surface area contributed by atoms with Gasteiger partial charge < -0.3 is 0 Å². The lowest BCUT2D eigenvalue weighted by Gasteiger charge is -2.03. The Kier molecular flexibility index (Phi) is 4.74. The van der Waals surface area contributed by atoms with Crippen molar-refractivity contribution in [1.29, 1.82) is 0 Å². The Balaban J connectivity index is 2.56. The molecule has 0 aliphatic rings. The van der Waals surface area contributed by atoms with Crippen molar-refractivity contribution >= 4 is 16.9 Å². The van der Waals surface area contributed by atoms with E-state index < -0.39 is 0 Å². The van der Waals surface area contributed by atoms with E-state index in [1.54, 1.807) is 0 Å². The first-order valence-electron chi connectivity index (χ1n) is 4.98. The van der Waals surface area contributed by atoms with E-state index in [0.29, 0.717) is 0 Å². The zero-order valence-electron chi connectivity index (χ0n) is 8.75. The Morgan fingerprint density at radius 1 is 1.36 bits per heavy atom. The van der Waals surface area contributed by atoms with Crippen molar-refractivity contribution < 1.29 is 4.79 Å². The third-order valence-corrected chi connectivity index (χ3v) is 3.07. The van der Waals surface area contributed by atoms with Gasteiger partial charge >= 0.3 is 0 Å². The monoisotopic (exact) mass is 208 g/mol. The van der Waals surface area contributed by atoms with Gasteiger partial charge in [0.1, 0.15) is 0 Å². The van der Waals surface area contributed by atoms with Crippen LogP contribution >= 0.6 is 11.8 Å². The Labute approximate surface area is 89.9 Å². The van der Waals surface area contributed by atoms with Crippen LogP contribution in [-0.4, -0.2) is 10.9 Å². The van der Waals surface area contributed by atoms with Gasteiger partial charge in [0.05, 0.1) is 0 Å². The predicted molar refractivity (Wildman–Crippen MR) is 62.9 cm³/mol. The topological polar surface area (TPSA) is 17.1 Å². The Bertz CT molecular complexity index is 307. The van der Waals surface area contributed by atoms with Crippen LogP contribution in [0.1, 0.15) is 35.7 Å². The van der Waals surface area contributed by atoms with Gasteiger partial charge in [-0.25, -0.2) is 0 Å². The van der Waals surface area contributed by atoms with Crippen molar-refractivity contribution in [3.05, 3.63) is 35.4 Å². The number of hydrogen-bond donors (Lipinski definition) is 0. The number of benzene rings is 1. The SMILES string of the molecule is CCCCSC(=O)c1ccccc1C. The molecule has 0 saturated heterocycles. The Morgan fingerprint density at radius 2 is 2.07 bits per heavy atom. The molecule has 0 bridgehead atoms. The minimum absolute atomic E-state index is 0.205. The van der Waals surface area contributed by atoms with Gasteiger partial charge in [-0.15, -0.1) is 0 Å². The first-order valence-corrected chi connectivity index (χ1v) is 5.97. The van der Waals surface area contributed by atoms with Crippen LogP contribution in [0.2, 0.25) is 0 Å². The molecule has 1 rings (SSSR count). The van der Waals surface area contributed by atoms with E-state index in [1.165, 1.54) is 11.8 Å². The van der Waals surface area contributed by atoms with Gasteiger partial charge in [0, 0.05) is 11.3 Å². The number of rotatable bonds is 4. The zero-order chi connectivity index (χ0) is 10.4. The first-order chi connectivity index (χ1) is 6.75. The predicted octanol–water partition coefficient (Wildman–Crippen LogP) is 3.67. The second kappa shape index (κ2) is 5.86. The van der Waals surface area contributed by atoms with Gasteiger partial charge in [0.15, 0.2) is 0 Å². The number of hydrogen-bond acceptors (Lipinski definition) is 2. The van der Waals surface area contributed by atoms with E-state index in [2.05, 4.69) is 6.92 Å². The molecule has 1 nitrogen and oxygen atoms in total. The van der Waals surface area contributed by atoms with Crippen LogP contribution in [-0.2, 0) is 0 Å². The van der Waals surface area contributed by atoms with E-state index in [9.17, 15) is 4.79 Å². The lowest BCUT2D eigenvalue weighted by atomic mass is 10.1. The first kappa shape index (κ1) is 11.3. The third kappa shape index (κ3) is 3.18. The van der Waals surface area contributed by atoms with Crippen LogP contribution in [0.4, 0.5) is 0 Å². The summed E-state index contributed by atoms with van der Waals surface area (Å²) in [7, 11) is 0. The lowest BCUT2D eigenvalue weighted by Crippen LogP contribution is -1.97. The molecule has 0 radical (unpaired) electrons. The smallest absolute Gasteiger partial charge is 0.219 e. The van der Waals surface area contributed by atoms with E-state index >= 15 is 0 Å². The summed E-state index contributed by atoms with van der Waals surface area (Å²) in [6, 6.07) is 7.76. The molecule has 1 aromatic carbocycles. The van der Waals surface area contributed by atoms with Crippen LogP contribution in [0.15, 0.2) is 24.3 Å². The fourth-order valence-corrected chi connectivity index (χ4v) is 2.19. The van der Waals surface area contributed by atoms with E-state index in [0.717, 1.165) is 29.7 Å². The molecule has 0 amide bonds. The molecule has 14 heavy (non-hydrogen) atoms. The molecule has 0 fully saturated rings. The number of aryl methyl sites for hydroxylation is 1. The largest absolute Gasteiger partial charge is 0.282 e. The third-order valence-electron chi connectivity index (χ3n) is 2.10. The van der Waals surface area contributed by atoms with Crippen molar-refractivity contribution in [2.45, 2.75) is 26.7 Å². The molecule has 0 unspecified atom stereocenters. The quantitative estimate of drug-likeness (QED) is 0.702. The lowest BCUT2D eigenvalue weighted by molar-refractivity contribution is 0.108. The molecule has 0 saturated carbocycles. The summed E-state index contributed by atoms with van der Waals surface area (Å²) < 4.78 is 0. The fraction of sp³-hybridized carbons (Fsp3) is 0.417. The van der Waals surface area contributed by atoms with Crippen LogP contribution in [0.5, 0.6) is 0 Å². The van der Waals surface area contributed by atoms with E-state index in [-0.39, 0.29) is 5.12 Å². The van der Waals surface area contributed by atoms with E-state index in [1.807, 2.05) is 31.2 Å². The van der Waals surface area contributed by atoms with Gasteiger partial charge in [0.2, 0.25) is 5.12 Å². The summed E-state index contributed by atoms with van der Waals surface area (Å²) in [5.74, 6) is 0.934. The number of carbonyl (C=O) groups is 1. The van der Waals surface area contributed by atoms with Crippen molar-refractivity contribution in [2.24, 2.45) is 0 Å². The molecular formula is C12H16OS. The maximum absolute atomic E-state index is 11.7. The average Bonchev–Trinajstić information content (AvgIpc) is 2.18. The summed E-state index contributed by atoms with van der Waals surface area (Å²) in [6.07, 6.45) is 2.26. The fourth-order valence-electron chi connectivity index (χ4n) is 1.19. The highest BCUT2D eigenvalue weighted by Crippen LogP contribution is 2.16. The van der Waals surface area contributed by atoms with Gasteiger partial charge in [-0.3, -0.25) is 4.79 Å². The molecule has 0 aromatic heterocycles. The van der Waals surface area contributed by atoms with Gasteiger partial charge in [-0.05, 0) is 18.9 Å². The summed E-state index contributed by atoms with van der Waals surface area (Å²) in [6.45, 7) is 4.12. The summed E-state index contributed by atoms with van der Waals surface area (Å²) in [4.78, 5) is 11.7.